The summed E-state index contributed by atoms with van der Waals surface area (Å²) >= 11 is 0. The van der Waals surface area contributed by atoms with Crippen molar-refractivity contribution in [2.24, 2.45) is 5.92 Å². The zero-order valence-corrected chi connectivity index (χ0v) is 16.5. The Morgan fingerprint density at radius 1 is 1.03 bits per heavy atom. The van der Waals surface area contributed by atoms with Crippen molar-refractivity contribution in [1.29, 1.82) is 0 Å². The van der Waals surface area contributed by atoms with Crippen LogP contribution in [0, 0.1) is 23.4 Å². The molecule has 0 radical (unpaired) electrons. The van der Waals surface area contributed by atoms with Crippen molar-refractivity contribution in [3.8, 4) is 11.3 Å². The van der Waals surface area contributed by atoms with Gasteiger partial charge in [-0.25, -0.2) is 13.2 Å². The number of amides is 2. The third-order valence-corrected chi connectivity index (χ3v) is 6.26. The molecule has 1 aliphatic heterocycles. The molecule has 5 rings (SSSR count). The minimum atomic E-state index is -0.693. The van der Waals surface area contributed by atoms with Crippen molar-refractivity contribution in [1.82, 2.24) is 15.6 Å². The van der Waals surface area contributed by atoms with E-state index in [9.17, 15) is 22.8 Å². The van der Waals surface area contributed by atoms with Gasteiger partial charge in [0.25, 0.3) is 0 Å². The number of aromatic nitrogens is 1. The van der Waals surface area contributed by atoms with Gasteiger partial charge < -0.3 is 15.6 Å². The average Bonchev–Trinajstić information content (AvgIpc) is 3.29. The van der Waals surface area contributed by atoms with Crippen molar-refractivity contribution in [2.45, 2.75) is 31.2 Å². The first-order valence-electron chi connectivity index (χ1n) is 10.3. The fourth-order valence-electron chi connectivity index (χ4n) is 4.63. The largest absolute Gasteiger partial charge is 0.355 e. The summed E-state index contributed by atoms with van der Waals surface area (Å²) in [5, 5.41) is 6.01. The van der Waals surface area contributed by atoms with E-state index < -0.39 is 17.6 Å². The van der Waals surface area contributed by atoms with Gasteiger partial charge >= 0.3 is 0 Å². The quantitative estimate of drug-likeness (QED) is 0.555. The number of rotatable bonds is 4. The van der Waals surface area contributed by atoms with Crippen molar-refractivity contribution < 1.29 is 22.8 Å². The van der Waals surface area contributed by atoms with Crippen molar-refractivity contribution in [3.63, 3.8) is 0 Å². The van der Waals surface area contributed by atoms with Crippen LogP contribution in [-0.2, 0) is 9.59 Å². The number of benzene rings is 2. The Kier molecular flexibility index (Phi) is 4.72. The van der Waals surface area contributed by atoms with Gasteiger partial charge in [0.15, 0.2) is 0 Å². The number of carbonyl (C=O) groups excluding carboxylic acids is 2. The van der Waals surface area contributed by atoms with E-state index in [1.165, 1.54) is 18.2 Å². The monoisotopic (exact) mass is 427 g/mol. The molecule has 3 aromatic rings. The molecule has 2 fully saturated rings. The molecule has 2 amide bonds. The van der Waals surface area contributed by atoms with E-state index in [-0.39, 0.29) is 35.1 Å². The van der Waals surface area contributed by atoms with E-state index in [4.69, 9.17) is 0 Å². The van der Waals surface area contributed by atoms with Crippen LogP contribution in [0.2, 0.25) is 0 Å². The number of carbonyl (C=O) groups is 2. The topological polar surface area (TPSA) is 74.0 Å². The zero-order valence-electron chi connectivity index (χ0n) is 16.5. The van der Waals surface area contributed by atoms with Crippen molar-refractivity contribution in [3.05, 3.63) is 59.4 Å². The molecule has 1 aromatic heterocycles. The summed E-state index contributed by atoms with van der Waals surface area (Å²) in [6.07, 6.45) is 1.65. The van der Waals surface area contributed by atoms with E-state index in [1.54, 1.807) is 12.1 Å². The second-order valence-electron chi connectivity index (χ2n) is 8.24. The van der Waals surface area contributed by atoms with E-state index in [0.717, 1.165) is 11.6 Å². The molecule has 1 aliphatic carbocycles. The molecule has 0 bridgehead atoms. The molecule has 5 nitrogen and oxygen atoms in total. The Morgan fingerprint density at radius 3 is 2.45 bits per heavy atom. The molecule has 8 heteroatoms. The number of hydrogen-bond donors (Lipinski definition) is 3. The SMILES string of the molecule is O=C1NCCC1C(=O)N[C@H]1C[C@@H](c2c(-c3ccc(F)cc3)[nH]c3c(F)cc(F)cc32)C1. The molecule has 1 saturated heterocycles. The van der Waals surface area contributed by atoms with Gasteiger partial charge in [0.2, 0.25) is 11.8 Å². The highest BCUT2D eigenvalue weighted by Crippen LogP contribution is 2.45. The summed E-state index contributed by atoms with van der Waals surface area (Å²) in [5.41, 5.74) is 2.24. The standard InChI is InChI=1S/C23H20F3N3O2/c24-13-3-1-11(2-4-13)20-19(17-9-14(25)10-18(26)21(17)29-20)12-7-15(8-12)28-23(31)16-5-6-27-22(16)30/h1-4,9-10,12,15-16,29H,5-8H2,(H,27,30)(H,28,31)/t12-,15+,16?. The first-order chi connectivity index (χ1) is 14.9. The molecule has 1 saturated carbocycles. The minimum Gasteiger partial charge on any atom is -0.355 e. The fourth-order valence-corrected chi connectivity index (χ4v) is 4.63. The van der Waals surface area contributed by atoms with Crippen molar-refractivity contribution >= 4 is 22.7 Å². The van der Waals surface area contributed by atoms with Crippen molar-refractivity contribution in [2.75, 3.05) is 6.54 Å². The van der Waals surface area contributed by atoms with Gasteiger partial charge in [-0.15, -0.1) is 0 Å². The molecule has 2 aliphatic rings. The highest BCUT2D eigenvalue weighted by molar-refractivity contribution is 6.01. The van der Waals surface area contributed by atoms with Gasteiger partial charge in [-0.3, -0.25) is 9.59 Å². The fraction of sp³-hybridized carbons (Fsp3) is 0.304. The molecule has 31 heavy (non-hydrogen) atoms. The number of hydrogen-bond acceptors (Lipinski definition) is 2. The lowest BCUT2D eigenvalue weighted by Crippen LogP contribution is -2.47. The number of nitrogens with one attached hydrogen (secondary N) is 3. The Morgan fingerprint density at radius 2 is 1.77 bits per heavy atom. The van der Waals surface area contributed by atoms with E-state index in [1.807, 2.05) is 0 Å². The highest BCUT2D eigenvalue weighted by atomic mass is 19.1. The van der Waals surface area contributed by atoms with Crippen LogP contribution in [0.3, 0.4) is 0 Å². The second kappa shape index (κ2) is 7.44. The average molecular weight is 427 g/mol. The van der Waals surface area contributed by atoms with Crippen LogP contribution >= 0.6 is 0 Å². The predicted octanol–water partition coefficient (Wildman–Crippen LogP) is 3.75. The van der Waals surface area contributed by atoms with Gasteiger partial charge in [0.05, 0.1) is 11.2 Å². The maximum Gasteiger partial charge on any atom is 0.232 e. The summed E-state index contributed by atoms with van der Waals surface area (Å²) in [7, 11) is 0. The maximum atomic E-state index is 14.4. The minimum absolute atomic E-state index is 0.0438. The van der Waals surface area contributed by atoms with Crippen LogP contribution < -0.4 is 10.6 Å². The molecular weight excluding hydrogens is 407 g/mol. The van der Waals surface area contributed by atoms with Crippen LogP contribution in [0.25, 0.3) is 22.2 Å². The third kappa shape index (κ3) is 3.45. The Labute approximate surface area is 176 Å². The lowest BCUT2D eigenvalue weighted by atomic mass is 9.74. The number of fused-ring (bicyclic) bond motifs is 1. The van der Waals surface area contributed by atoms with Gasteiger partial charge in [0, 0.05) is 24.0 Å². The normalized spacial score (nSPS) is 22.9. The Balaban J connectivity index is 1.44. The first kappa shape index (κ1) is 19.7. The van der Waals surface area contributed by atoms with E-state index >= 15 is 0 Å². The smallest absolute Gasteiger partial charge is 0.232 e. The lowest BCUT2D eigenvalue weighted by Gasteiger charge is -2.37. The molecule has 2 heterocycles. The third-order valence-electron chi connectivity index (χ3n) is 6.26. The molecule has 160 valence electrons. The predicted molar refractivity (Wildman–Crippen MR) is 109 cm³/mol. The van der Waals surface area contributed by atoms with Gasteiger partial charge in [-0.2, -0.15) is 0 Å². The van der Waals surface area contributed by atoms with Crippen LogP contribution in [0.15, 0.2) is 36.4 Å². The highest BCUT2D eigenvalue weighted by Gasteiger charge is 2.38. The summed E-state index contributed by atoms with van der Waals surface area (Å²) in [6, 6.07) is 7.83. The molecule has 3 N–H and O–H groups in total. The van der Waals surface area contributed by atoms with E-state index in [0.29, 0.717) is 42.5 Å². The number of aromatic amines is 1. The molecular formula is C23H20F3N3O2. The maximum absolute atomic E-state index is 14.4. The van der Waals surface area contributed by atoms with Crippen LogP contribution in [-0.4, -0.2) is 29.4 Å². The number of H-pyrrole nitrogens is 1. The van der Waals surface area contributed by atoms with Gasteiger partial charge in [-0.1, -0.05) is 0 Å². The summed E-state index contributed by atoms with van der Waals surface area (Å²) < 4.78 is 41.8. The zero-order chi connectivity index (χ0) is 21.7. The van der Waals surface area contributed by atoms with Gasteiger partial charge in [-0.05, 0) is 66.6 Å². The van der Waals surface area contributed by atoms with Crippen LogP contribution in [0.1, 0.15) is 30.7 Å². The molecule has 2 aromatic carbocycles. The van der Waals surface area contributed by atoms with Crippen LogP contribution in [0.4, 0.5) is 13.2 Å². The molecule has 1 unspecified atom stereocenters. The molecule has 1 atom stereocenters. The summed E-state index contributed by atoms with van der Waals surface area (Å²) in [4.78, 5) is 27.1. The van der Waals surface area contributed by atoms with Crippen LogP contribution in [0.5, 0.6) is 0 Å². The van der Waals surface area contributed by atoms with E-state index in [2.05, 4.69) is 15.6 Å². The molecule has 0 spiro atoms. The lowest BCUT2D eigenvalue weighted by molar-refractivity contribution is -0.133. The first-order valence-corrected chi connectivity index (χ1v) is 10.3. The number of halogens is 3. The second-order valence-corrected chi connectivity index (χ2v) is 8.24. The Bertz CT molecular complexity index is 1180. The Hall–Kier alpha value is -3.29. The van der Waals surface area contributed by atoms with Gasteiger partial charge in [0.1, 0.15) is 23.4 Å². The summed E-state index contributed by atoms with van der Waals surface area (Å²) in [6.45, 7) is 0.498. The summed E-state index contributed by atoms with van der Waals surface area (Å²) in [5.74, 6) is -3.00.